The lowest BCUT2D eigenvalue weighted by atomic mass is 10.1. The molecule has 0 atom stereocenters. The largest absolute Gasteiger partial charge is 0.206 e. The Kier molecular flexibility index (Phi) is 2.55. The molecule has 60 valence electrons. The van der Waals surface area contributed by atoms with Gasteiger partial charge in [-0.05, 0) is 25.0 Å². The molecule has 0 aliphatic heterocycles. The van der Waals surface area contributed by atoms with Crippen molar-refractivity contribution in [3.8, 4) is 0 Å². The molecule has 1 rings (SSSR count). The Balaban J connectivity index is 3.29. The molecule has 0 spiro atoms. The van der Waals surface area contributed by atoms with Gasteiger partial charge in [0.15, 0.2) is 0 Å². The molecular formula is C9H11FS. The zero-order valence-electron chi connectivity index (χ0n) is 6.69. The first kappa shape index (κ1) is 8.60. The second-order valence-corrected chi connectivity index (χ2v) is 3.03. The van der Waals surface area contributed by atoms with Gasteiger partial charge in [-0.15, -0.1) is 12.6 Å². The van der Waals surface area contributed by atoms with Gasteiger partial charge in [-0.2, -0.15) is 0 Å². The van der Waals surface area contributed by atoms with E-state index < -0.39 is 0 Å². The van der Waals surface area contributed by atoms with Crippen LogP contribution in [0.25, 0.3) is 0 Å². The summed E-state index contributed by atoms with van der Waals surface area (Å²) < 4.78 is 13.2. The molecule has 0 aromatic heterocycles. The maximum atomic E-state index is 13.2. The molecule has 0 fully saturated rings. The Labute approximate surface area is 71.8 Å². The van der Waals surface area contributed by atoms with E-state index >= 15 is 0 Å². The molecule has 0 bridgehead atoms. The minimum absolute atomic E-state index is 0.111. The second kappa shape index (κ2) is 3.26. The fourth-order valence-corrected chi connectivity index (χ4v) is 1.40. The fraction of sp³-hybridized carbons (Fsp3) is 0.333. The molecule has 11 heavy (non-hydrogen) atoms. The highest BCUT2D eigenvalue weighted by atomic mass is 32.1. The molecule has 0 N–H and O–H groups in total. The van der Waals surface area contributed by atoms with Gasteiger partial charge in [0, 0.05) is 10.5 Å². The third-order valence-electron chi connectivity index (χ3n) is 1.77. The summed E-state index contributed by atoms with van der Waals surface area (Å²) in [6.07, 6.45) is 0.701. The SMILES string of the molecule is CCc1c(S)ccc(C)c1F. The molecule has 0 saturated carbocycles. The van der Waals surface area contributed by atoms with Crippen LogP contribution in [0.4, 0.5) is 4.39 Å². The number of rotatable bonds is 1. The summed E-state index contributed by atoms with van der Waals surface area (Å²) >= 11 is 4.15. The fourth-order valence-electron chi connectivity index (χ4n) is 1.06. The van der Waals surface area contributed by atoms with E-state index in [2.05, 4.69) is 12.6 Å². The van der Waals surface area contributed by atoms with Crippen molar-refractivity contribution in [2.45, 2.75) is 25.2 Å². The van der Waals surface area contributed by atoms with Gasteiger partial charge in [-0.25, -0.2) is 4.39 Å². The van der Waals surface area contributed by atoms with Crippen LogP contribution >= 0.6 is 12.6 Å². The van der Waals surface area contributed by atoms with Crippen molar-refractivity contribution in [3.05, 3.63) is 29.1 Å². The van der Waals surface area contributed by atoms with Crippen molar-refractivity contribution < 1.29 is 4.39 Å². The van der Waals surface area contributed by atoms with E-state index in [-0.39, 0.29) is 5.82 Å². The standard InChI is InChI=1S/C9H11FS/c1-3-7-8(11)5-4-6(2)9(7)10/h4-5,11H,3H2,1-2H3. The maximum absolute atomic E-state index is 13.2. The van der Waals surface area contributed by atoms with Gasteiger partial charge in [-0.3, -0.25) is 0 Å². The van der Waals surface area contributed by atoms with E-state index in [1.807, 2.05) is 13.0 Å². The van der Waals surface area contributed by atoms with Gasteiger partial charge in [-0.1, -0.05) is 13.0 Å². The molecule has 0 unspecified atom stereocenters. The average Bonchev–Trinajstić information content (AvgIpc) is 1.99. The number of halogens is 1. The summed E-state index contributed by atoms with van der Waals surface area (Å²) in [6.45, 7) is 3.69. The smallest absolute Gasteiger partial charge is 0.130 e. The van der Waals surface area contributed by atoms with Gasteiger partial charge in [0.05, 0.1) is 0 Å². The van der Waals surface area contributed by atoms with Gasteiger partial charge in [0.2, 0.25) is 0 Å². The van der Waals surface area contributed by atoms with Crippen LogP contribution in [0, 0.1) is 12.7 Å². The van der Waals surface area contributed by atoms with Crippen molar-refractivity contribution >= 4 is 12.6 Å². The quantitative estimate of drug-likeness (QED) is 0.615. The highest BCUT2D eigenvalue weighted by Gasteiger charge is 2.05. The normalized spacial score (nSPS) is 10.2. The molecule has 1 aromatic carbocycles. The van der Waals surface area contributed by atoms with E-state index in [4.69, 9.17) is 0 Å². The molecule has 0 heterocycles. The topological polar surface area (TPSA) is 0 Å². The lowest BCUT2D eigenvalue weighted by Crippen LogP contribution is -1.92. The zero-order valence-corrected chi connectivity index (χ0v) is 7.58. The van der Waals surface area contributed by atoms with Gasteiger partial charge in [0.25, 0.3) is 0 Å². The van der Waals surface area contributed by atoms with Crippen LogP contribution < -0.4 is 0 Å². The zero-order chi connectivity index (χ0) is 8.43. The van der Waals surface area contributed by atoms with Gasteiger partial charge in [0.1, 0.15) is 5.82 Å². The average molecular weight is 170 g/mol. The monoisotopic (exact) mass is 170 g/mol. The molecule has 0 aliphatic carbocycles. The molecule has 1 aromatic rings. The molecule has 0 nitrogen and oxygen atoms in total. The predicted molar refractivity (Wildman–Crippen MR) is 47.8 cm³/mol. The Hall–Kier alpha value is -0.500. The van der Waals surface area contributed by atoms with Gasteiger partial charge >= 0.3 is 0 Å². The van der Waals surface area contributed by atoms with Crippen molar-refractivity contribution in [3.63, 3.8) is 0 Å². The summed E-state index contributed by atoms with van der Waals surface area (Å²) in [5, 5.41) is 0. The van der Waals surface area contributed by atoms with Crippen molar-refractivity contribution in [2.24, 2.45) is 0 Å². The van der Waals surface area contributed by atoms with Crippen LogP contribution in [0.2, 0.25) is 0 Å². The molecule has 0 amide bonds. The molecule has 0 saturated heterocycles. The van der Waals surface area contributed by atoms with E-state index in [1.165, 1.54) is 0 Å². The lowest BCUT2D eigenvalue weighted by molar-refractivity contribution is 0.597. The van der Waals surface area contributed by atoms with Crippen LogP contribution in [0.3, 0.4) is 0 Å². The van der Waals surface area contributed by atoms with Crippen molar-refractivity contribution in [2.75, 3.05) is 0 Å². The highest BCUT2D eigenvalue weighted by molar-refractivity contribution is 7.80. The van der Waals surface area contributed by atoms with Crippen LogP contribution in [0.1, 0.15) is 18.1 Å². The van der Waals surface area contributed by atoms with Crippen molar-refractivity contribution in [1.82, 2.24) is 0 Å². The summed E-state index contributed by atoms with van der Waals surface area (Å²) in [5.74, 6) is -0.111. The number of benzene rings is 1. The summed E-state index contributed by atoms with van der Waals surface area (Å²) in [5.41, 5.74) is 1.41. The Morgan fingerprint density at radius 1 is 1.45 bits per heavy atom. The molecular weight excluding hydrogens is 159 g/mol. The Morgan fingerprint density at radius 2 is 2.09 bits per heavy atom. The van der Waals surface area contributed by atoms with Crippen LogP contribution in [0.5, 0.6) is 0 Å². The third kappa shape index (κ3) is 1.56. The van der Waals surface area contributed by atoms with E-state index in [0.717, 1.165) is 4.90 Å². The molecule has 0 aliphatic rings. The minimum Gasteiger partial charge on any atom is -0.206 e. The summed E-state index contributed by atoms with van der Waals surface area (Å²) in [4.78, 5) is 0.746. The Bertz CT molecular complexity index is 269. The third-order valence-corrected chi connectivity index (χ3v) is 2.18. The first-order valence-corrected chi connectivity index (χ1v) is 4.08. The Morgan fingerprint density at radius 3 is 2.55 bits per heavy atom. The maximum Gasteiger partial charge on any atom is 0.130 e. The lowest BCUT2D eigenvalue weighted by Gasteiger charge is -2.05. The van der Waals surface area contributed by atoms with Crippen molar-refractivity contribution in [1.29, 1.82) is 0 Å². The minimum atomic E-state index is -0.111. The number of thiol groups is 1. The van der Waals surface area contributed by atoms with E-state index in [9.17, 15) is 4.39 Å². The molecule has 2 heteroatoms. The molecule has 0 radical (unpaired) electrons. The summed E-state index contributed by atoms with van der Waals surface area (Å²) in [6, 6.07) is 3.58. The summed E-state index contributed by atoms with van der Waals surface area (Å²) in [7, 11) is 0. The number of aryl methyl sites for hydroxylation is 1. The first-order valence-electron chi connectivity index (χ1n) is 3.63. The van der Waals surface area contributed by atoms with E-state index in [1.54, 1.807) is 13.0 Å². The van der Waals surface area contributed by atoms with Gasteiger partial charge < -0.3 is 0 Å². The van der Waals surface area contributed by atoms with Crippen LogP contribution in [-0.2, 0) is 6.42 Å². The number of hydrogen-bond donors (Lipinski definition) is 1. The predicted octanol–water partition coefficient (Wildman–Crippen LogP) is 2.99. The highest BCUT2D eigenvalue weighted by Crippen LogP contribution is 2.20. The van der Waals surface area contributed by atoms with Crippen LogP contribution in [0.15, 0.2) is 17.0 Å². The second-order valence-electron chi connectivity index (χ2n) is 2.55. The number of hydrogen-bond acceptors (Lipinski definition) is 1. The van der Waals surface area contributed by atoms with Crippen LogP contribution in [-0.4, -0.2) is 0 Å². The first-order chi connectivity index (χ1) is 5.16. The van der Waals surface area contributed by atoms with E-state index in [0.29, 0.717) is 17.5 Å².